The van der Waals surface area contributed by atoms with Gasteiger partial charge in [-0.25, -0.2) is 0 Å². The fraction of sp³-hybridized carbons (Fsp3) is 0.297. The van der Waals surface area contributed by atoms with Gasteiger partial charge in [0.2, 0.25) is 5.91 Å². The molecule has 0 aliphatic rings. The molecule has 0 spiro atoms. The molecule has 0 saturated carbocycles. The molecule has 2 atom stereocenters. The summed E-state index contributed by atoms with van der Waals surface area (Å²) < 4.78 is 13.5. The number of anilines is 1. The van der Waals surface area contributed by atoms with Crippen LogP contribution in [0.4, 0.5) is 5.69 Å². The van der Waals surface area contributed by atoms with Gasteiger partial charge in [0.25, 0.3) is 0 Å². The summed E-state index contributed by atoms with van der Waals surface area (Å²) in [6.45, 7) is 8.07. The molecule has 0 bridgehead atoms. The Bertz CT molecular complexity index is 1630. The first kappa shape index (κ1) is 34.6. The molecular weight excluding hydrogens is 599 g/mol. The minimum Gasteiger partial charge on any atom is -0.481 e. The first-order chi connectivity index (χ1) is 21.8. The van der Waals surface area contributed by atoms with E-state index in [2.05, 4.69) is 19.2 Å². The van der Waals surface area contributed by atoms with Crippen molar-refractivity contribution in [3.63, 3.8) is 0 Å². The summed E-state index contributed by atoms with van der Waals surface area (Å²) in [6.07, 6.45) is -0.174. The van der Waals surface area contributed by atoms with Crippen molar-refractivity contribution in [3.05, 3.63) is 125 Å². The lowest BCUT2D eigenvalue weighted by molar-refractivity contribution is -0.136. The van der Waals surface area contributed by atoms with E-state index in [-0.39, 0.29) is 31.2 Å². The molecule has 0 aliphatic carbocycles. The number of nitrogens with one attached hydrogen (secondary N) is 1. The lowest BCUT2D eigenvalue weighted by Crippen LogP contribution is -2.50. The van der Waals surface area contributed by atoms with Crippen LogP contribution in [-0.4, -0.2) is 39.4 Å². The van der Waals surface area contributed by atoms with Crippen LogP contribution in [0.1, 0.15) is 74.0 Å². The molecule has 4 aromatic rings. The number of carbonyl (C=O) groups is 2. The highest BCUT2D eigenvalue weighted by Gasteiger charge is 2.42. The van der Waals surface area contributed by atoms with Crippen molar-refractivity contribution in [2.75, 3.05) is 11.4 Å². The predicted molar refractivity (Wildman–Crippen MR) is 183 cm³/mol. The molecular formula is C37H43N2O6P. The molecule has 1 unspecified atom stereocenters. The third-order valence-electron chi connectivity index (χ3n) is 8.11. The maximum absolute atomic E-state index is 14.0. The lowest BCUT2D eigenvalue weighted by atomic mass is 9.97. The summed E-state index contributed by atoms with van der Waals surface area (Å²) in [5, 5.41) is 11.9. The van der Waals surface area contributed by atoms with Gasteiger partial charge < -0.3 is 25.1 Å². The first-order valence-electron chi connectivity index (χ1n) is 15.5. The Morgan fingerprint density at radius 1 is 0.717 bits per heavy atom. The Labute approximate surface area is 271 Å². The monoisotopic (exact) mass is 642 g/mol. The number of nitrogens with zero attached hydrogens (tertiary/aromatic N) is 1. The van der Waals surface area contributed by atoms with Crippen LogP contribution in [0.3, 0.4) is 0 Å². The summed E-state index contributed by atoms with van der Waals surface area (Å²) in [5.74, 6) is -2.64. The Balaban J connectivity index is 1.85. The van der Waals surface area contributed by atoms with Crippen LogP contribution < -0.4 is 10.2 Å². The second-order valence-electron chi connectivity index (χ2n) is 12.2. The molecule has 0 heterocycles. The number of hydrogen-bond acceptors (Lipinski definition) is 4. The second kappa shape index (κ2) is 15.4. The highest BCUT2D eigenvalue weighted by molar-refractivity contribution is 7.52. The number of carbonyl (C=O) groups excluding carboxylic acids is 1. The molecule has 9 heteroatoms. The molecule has 242 valence electrons. The van der Waals surface area contributed by atoms with E-state index in [0.29, 0.717) is 11.3 Å². The van der Waals surface area contributed by atoms with Gasteiger partial charge in [0.05, 0.1) is 6.42 Å². The van der Waals surface area contributed by atoms with Crippen molar-refractivity contribution in [1.82, 2.24) is 5.32 Å². The molecule has 0 aliphatic heterocycles. The van der Waals surface area contributed by atoms with Crippen LogP contribution >= 0.6 is 7.60 Å². The van der Waals surface area contributed by atoms with Crippen LogP contribution in [0, 0.1) is 0 Å². The predicted octanol–water partition coefficient (Wildman–Crippen LogP) is 7.49. The van der Waals surface area contributed by atoms with Gasteiger partial charge in [0.15, 0.2) is 5.78 Å². The van der Waals surface area contributed by atoms with Crippen molar-refractivity contribution < 1.29 is 29.0 Å². The van der Waals surface area contributed by atoms with E-state index in [4.69, 9.17) is 0 Å². The average molecular weight is 643 g/mol. The molecule has 0 saturated heterocycles. The van der Waals surface area contributed by atoms with Crippen LogP contribution in [0.5, 0.6) is 0 Å². The zero-order chi connectivity index (χ0) is 33.4. The average Bonchev–Trinajstić information content (AvgIpc) is 3.02. The molecule has 0 radical (unpaired) electrons. The van der Waals surface area contributed by atoms with Crippen LogP contribution in [0.2, 0.25) is 0 Å². The van der Waals surface area contributed by atoms with E-state index in [9.17, 15) is 29.0 Å². The third kappa shape index (κ3) is 8.94. The Morgan fingerprint density at radius 3 is 1.72 bits per heavy atom. The van der Waals surface area contributed by atoms with Crippen LogP contribution in [-0.2, 0) is 20.6 Å². The minimum absolute atomic E-state index is 0.112. The van der Waals surface area contributed by atoms with Gasteiger partial charge in [-0.2, -0.15) is 0 Å². The number of carboxylic acid groups (broad SMARTS) is 1. The lowest BCUT2D eigenvalue weighted by Gasteiger charge is -2.40. The van der Waals surface area contributed by atoms with Gasteiger partial charge in [-0.1, -0.05) is 119 Å². The van der Waals surface area contributed by atoms with E-state index >= 15 is 0 Å². The summed E-state index contributed by atoms with van der Waals surface area (Å²) in [5.41, 5.74) is 5.70. The van der Waals surface area contributed by atoms with Crippen molar-refractivity contribution >= 4 is 25.2 Å². The highest BCUT2D eigenvalue weighted by atomic mass is 31.2. The number of carboxylic acids is 1. The van der Waals surface area contributed by atoms with Gasteiger partial charge >= 0.3 is 13.6 Å². The van der Waals surface area contributed by atoms with E-state index in [1.54, 1.807) is 24.3 Å². The zero-order valence-electron chi connectivity index (χ0n) is 26.7. The van der Waals surface area contributed by atoms with E-state index in [0.717, 1.165) is 27.8 Å². The Hall–Kier alpha value is -4.23. The maximum Gasteiger partial charge on any atom is 0.352 e. The summed E-state index contributed by atoms with van der Waals surface area (Å²) in [6, 6.07) is 31.0. The molecule has 0 aromatic heterocycles. The standard InChI is InChI=1S/C37H43N2O6P/c1-25(2)28-14-16-32(17-15-28)37(46(43,44)45)39(33-20-18-29(19-21-33)26(3)4)34(36(42)38-23-22-35(40)41)24-27-10-12-31(13-11-27)30-8-6-5-7-9-30/h5-21,25-26,34,37H,22-24H2,1-4H3,(H,38,42)(H,40,41)(H2,43,44,45)/t34-,37?/m0/s1. The molecule has 4 rings (SSSR count). The van der Waals surface area contributed by atoms with Gasteiger partial charge in [-0.3, -0.25) is 14.2 Å². The molecule has 4 aromatic carbocycles. The zero-order valence-corrected chi connectivity index (χ0v) is 27.6. The summed E-state index contributed by atoms with van der Waals surface area (Å²) in [4.78, 5) is 48.7. The number of hydrogen-bond donors (Lipinski definition) is 4. The number of amides is 1. The summed E-state index contributed by atoms with van der Waals surface area (Å²) >= 11 is 0. The van der Waals surface area contributed by atoms with Crippen LogP contribution in [0.25, 0.3) is 11.1 Å². The topological polar surface area (TPSA) is 127 Å². The fourth-order valence-corrected chi connectivity index (χ4v) is 6.69. The van der Waals surface area contributed by atoms with Crippen molar-refractivity contribution in [1.29, 1.82) is 0 Å². The van der Waals surface area contributed by atoms with Crippen molar-refractivity contribution in [3.8, 4) is 11.1 Å². The number of benzene rings is 4. The van der Waals surface area contributed by atoms with Gasteiger partial charge in [0, 0.05) is 18.7 Å². The smallest absolute Gasteiger partial charge is 0.352 e. The third-order valence-corrected chi connectivity index (χ3v) is 9.29. The van der Waals surface area contributed by atoms with Crippen LogP contribution in [0.15, 0.2) is 103 Å². The quantitative estimate of drug-likeness (QED) is 0.105. The highest BCUT2D eigenvalue weighted by Crippen LogP contribution is 2.55. The van der Waals surface area contributed by atoms with E-state index in [1.165, 1.54) is 4.90 Å². The molecule has 8 nitrogen and oxygen atoms in total. The van der Waals surface area contributed by atoms with E-state index < -0.39 is 31.3 Å². The Morgan fingerprint density at radius 2 is 1.22 bits per heavy atom. The maximum atomic E-state index is 14.0. The number of rotatable bonds is 14. The fourth-order valence-electron chi connectivity index (χ4n) is 5.51. The Kier molecular flexibility index (Phi) is 11.6. The van der Waals surface area contributed by atoms with Gasteiger partial charge in [-0.05, 0) is 57.3 Å². The summed E-state index contributed by atoms with van der Waals surface area (Å²) in [7, 11) is -4.93. The SMILES string of the molecule is CC(C)c1ccc(C(N(c2ccc(C(C)C)cc2)[C@@H](Cc2ccc(-c3ccccc3)cc2)C(=O)NCCC(=O)O)P(=O)(O)O)cc1. The molecule has 0 fully saturated rings. The first-order valence-corrected chi connectivity index (χ1v) is 17.2. The van der Waals surface area contributed by atoms with Crippen molar-refractivity contribution in [2.45, 2.75) is 64.2 Å². The van der Waals surface area contributed by atoms with E-state index in [1.807, 2.05) is 92.7 Å². The second-order valence-corrected chi connectivity index (χ2v) is 13.8. The molecule has 46 heavy (non-hydrogen) atoms. The minimum atomic E-state index is -4.93. The van der Waals surface area contributed by atoms with Gasteiger partial charge in [-0.15, -0.1) is 0 Å². The van der Waals surface area contributed by atoms with Gasteiger partial charge in [0.1, 0.15) is 6.04 Å². The van der Waals surface area contributed by atoms with Crippen molar-refractivity contribution in [2.24, 2.45) is 0 Å². The normalized spacial score (nSPS) is 13.0. The molecule has 4 N–H and O–H groups in total. The largest absolute Gasteiger partial charge is 0.481 e. The molecule has 1 amide bonds. The number of aliphatic carboxylic acids is 1.